The largest absolute Gasteiger partial charge is 0.497 e. The molecule has 0 aromatic heterocycles. The average molecular weight is 318 g/mol. The van der Waals surface area contributed by atoms with Crippen molar-refractivity contribution in [3.05, 3.63) is 54.6 Å². The zero-order valence-corrected chi connectivity index (χ0v) is 13.9. The molecule has 24 heavy (non-hydrogen) atoms. The monoisotopic (exact) mass is 318 g/mol. The van der Waals surface area contributed by atoms with Gasteiger partial charge in [-0.05, 0) is 68.7 Å². The van der Waals surface area contributed by atoms with Crippen LogP contribution in [-0.4, -0.2) is 21.3 Å². The van der Waals surface area contributed by atoms with Crippen LogP contribution in [0.4, 0.5) is 0 Å². The van der Waals surface area contributed by atoms with Gasteiger partial charge in [-0.15, -0.1) is 0 Å². The van der Waals surface area contributed by atoms with Crippen molar-refractivity contribution < 1.29 is 14.2 Å². The molecule has 0 radical (unpaired) electrons. The number of methoxy groups -OCH3 is 3. The molecule has 0 aliphatic rings. The molecule has 0 N–H and O–H groups in total. The quantitative estimate of drug-likeness (QED) is 0.488. The molecule has 4 aromatic rings. The number of rotatable bonds is 3. The fourth-order valence-electron chi connectivity index (χ4n) is 3.32. The van der Waals surface area contributed by atoms with Crippen LogP contribution in [0.15, 0.2) is 54.6 Å². The SMILES string of the molecule is COc1ccc2c(c1)c1ccc(OC)cc1c1ccc(OC)cc21. The van der Waals surface area contributed by atoms with E-state index in [-0.39, 0.29) is 0 Å². The van der Waals surface area contributed by atoms with Crippen molar-refractivity contribution in [1.29, 1.82) is 0 Å². The van der Waals surface area contributed by atoms with Crippen LogP contribution in [0.25, 0.3) is 32.3 Å². The Morgan fingerprint density at radius 3 is 0.958 bits per heavy atom. The molecule has 0 saturated heterocycles. The van der Waals surface area contributed by atoms with E-state index < -0.39 is 0 Å². The van der Waals surface area contributed by atoms with Crippen LogP contribution in [-0.2, 0) is 0 Å². The Morgan fingerprint density at radius 1 is 0.417 bits per heavy atom. The number of ether oxygens (including phenoxy) is 3. The predicted molar refractivity (Wildman–Crippen MR) is 98.6 cm³/mol. The van der Waals surface area contributed by atoms with E-state index in [1.807, 2.05) is 18.2 Å². The molecule has 4 rings (SSSR count). The fourth-order valence-corrected chi connectivity index (χ4v) is 3.32. The number of fused-ring (bicyclic) bond motifs is 6. The van der Waals surface area contributed by atoms with Gasteiger partial charge in [-0.25, -0.2) is 0 Å². The third-order valence-electron chi connectivity index (χ3n) is 4.55. The third kappa shape index (κ3) is 2.13. The van der Waals surface area contributed by atoms with Gasteiger partial charge in [-0.2, -0.15) is 0 Å². The molecule has 0 unspecified atom stereocenters. The first-order valence-electron chi connectivity index (χ1n) is 7.80. The summed E-state index contributed by atoms with van der Waals surface area (Å²) >= 11 is 0. The Morgan fingerprint density at radius 2 is 0.708 bits per heavy atom. The van der Waals surface area contributed by atoms with Crippen LogP contribution in [0.2, 0.25) is 0 Å². The van der Waals surface area contributed by atoms with Crippen molar-refractivity contribution in [1.82, 2.24) is 0 Å². The molecule has 0 fully saturated rings. The van der Waals surface area contributed by atoms with E-state index in [1.54, 1.807) is 21.3 Å². The lowest BCUT2D eigenvalue weighted by Crippen LogP contribution is -1.89. The Labute approximate surface area is 140 Å². The maximum atomic E-state index is 5.42. The Bertz CT molecular complexity index is 899. The third-order valence-corrected chi connectivity index (χ3v) is 4.55. The summed E-state index contributed by atoms with van der Waals surface area (Å²) in [5, 5.41) is 7.03. The summed E-state index contributed by atoms with van der Waals surface area (Å²) in [6.07, 6.45) is 0. The minimum absolute atomic E-state index is 0.849. The van der Waals surface area contributed by atoms with Gasteiger partial charge < -0.3 is 14.2 Å². The number of benzene rings is 4. The van der Waals surface area contributed by atoms with Crippen molar-refractivity contribution in [2.24, 2.45) is 0 Å². The Hall–Kier alpha value is -2.94. The maximum Gasteiger partial charge on any atom is 0.119 e. The normalized spacial score (nSPS) is 11.1. The van der Waals surface area contributed by atoms with Crippen molar-refractivity contribution in [3.8, 4) is 17.2 Å². The van der Waals surface area contributed by atoms with Crippen molar-refractivity contribution in [3.63, 3.8) is 0 Å². The molecular weight excluding hydrogens is 300 g/mol. The van der Waals surface area contributed by atoms with Crippen LogP contribution < -0.4 is 14.2 Å². The maximum absolute atomic E-state index is 5.42. The van der Waals surface area contributed by atoms with E-state index in [4.69, 9.17) is 14.2 Å². The summed E-state index contributed by atoms with van der Waals surface area (Å²) in [5.74, 6) is 2.55. The first-order chi connectivity index (χ1) is 11.7. The van der Waals surface area contributed by atoms with Gasteiger partial charge in [0.25, 0.3) is 0 Å². The minimum Gasteiger partial charge on any atom is -0.497 e. The summed E-state index contributed by atoms with van der Waals surface area (Å²) in [6, 6.07) is 18.6. The Balaban J connectivity index is 2.25. The zero-order chi connectivity index (χ0) is 16.7. The molecule has 0 aliphatic carbocycles. The average Bonchev–Trinajstić information content (AvgIpc) is 2.66. The van der Waals surface area contributed by atoms with E-state index in [0.717, 1.165) is 33.4 Å². The standard InChI is InChI=1S/C21H18O3/c1-22-13-4-7-16-19(10-13)17-8-5-14(23-2)12-21(17)18-9-6-15(24-3)11-20(16)18/h4-12H,1-3H3. The summed E-state index contributed by atoms with van der Waals surface area (Å²) < 4.78 is 16.3. The second kappa shape index (κ2) is 5.60. The van der Waals surface area contributed by atoms with E-state index in [9.17, 15) is 0 Å². The van der Waals surface area contributed by atoms with Gasteiger partial charge in [0.2, 0.25) is 0 Å². The molecular formula is C21H18O3. The lowest BCUT2D eigenvalue weighted by Gasteiger charge is -2.13. The van der Waals surface area contributed by atoms with E-state index in [2.05, 4.69) is 36.4 Å². The highest BCUT2D eigenvalue weighted by Gasteiger charge is 2.11. The molecule has 0 saturated carbocycles. The van der Waals surface area contributed by atoms with Crippen LogP contribution in [0.5, 0.6) is 17.2 Å². The summed E-state index contributed by atoms with van der Waals surface area (Å²) in [4.78, 5) is 0. The topological polar surface area (TPSA) is 27.7 Å². The highest BCUT2D eigenvalue weighted by molar-refractivity contribution is 6.25. The van der Waals surface area contributed by atoms with Gasteiger partial charge in [-0.3, -0.25) is 0 Å². The molecule has 0 aliphatic heterocycles. The second-order valence-electron chi connectivity index (χ2n) is 5.73. The lowest BCUT2D eigenvalue weighted by molar-refractivity contribution is 0.415. The summed E-state index contributed by atoms with van der Waals surface area (Å²) in [6.45, 7) is 0. The molecule has 0 spiro atoms. The number of hydrogen-bond donors (Lipinski definition) is 0. The Kier molecular flexibility index (Phi) is 3.42. The fraction of sp³-hybridized carbons (Fsp3) is 0.143. The minimum atomic E-state index is 0.849. The van der Waals surface area contributed by atoms with Gasteiger partial charge in [0.15, 0.2) is 0 Å². The molecule has 0 heterocycles. The summed E-state index contributed by atoms with van der Waals surface area (Å²) in [5.41, 5.74) is 0. The van der Waals surface area contributed by atoms with Gasteiger partial charge >= 0.3 is 0 Å². The zero-order valence-electron chi connectivity index (χ0n) is 13.9. The lowest BCUT2D eigenvalue weighted by atomic mass is 9.94. The van der Waals surface area contributed by atoms with Crippen LogP contribution in [0, 0.1) is 0 Å². The van der Waals surface area contributed by atoms with E-state index >= 15 is 0 Å². The van der Waals surface area contributed by atoms with Crippen molar-refractivity contribution in [2.75, 3.05) is 21.3 Å². The molecule has 4 aromatic carbocycles. The smallest absolute Gasteiger partial charge is 0.119 e. The highest BCUT2D eigenvalue weighted by atomic mass is 16.5. The molecule has 120 valence electrons. The van der Waals surface area contributed by atoms with Crippen molar-refractivity contribution in [2.45, 2.75) is 0 Å². The first-order valence-corrected chi connectivity index (χ1v) is 7.80. The van der Waals surface area contributed by atoms with E-state index in [1.165, 1.54) is 16.2 Å². The molecule has 0 atom stereocenters. The van der Waals surface area contributed by atoms with Gasteiger partial charge in [-0.1, -0.05) is 18.2 Å². The summed E-state index contributed by atoms with van der Waals surface area (Å²) in [7, 11) is 5.07. The van der Waals surface area contributed by atoms with Crippen LogP contribution >= 0.6 is 0 Å². The molecule has 3 heteroatoms. The van der Waals surface area contributed by atoms with Crippen molar-refractivity contribution >= 4 is 32.3 Å². The highest BCUT2D eigenvalue weighted by Crippen LogP contribution is 2.39. The first kappa shape index (κ1) is 14.6. The van der Waals surface area contributed by atoms with Gasteiger partial charge in [0.1, 0.15) is 17.2 Å². The molecule has 3 nitrogen and oxygen atoms in total. The second-order valence-corrected chi connectivity index (χ2v) is 5.73. The molecule has 0 bridgehead atoms. The predicted octanol–water partition coefficient (Wildman–Crippen LogP) is 5.17. The van der Waals surface area contributed by atoms with E-state index in [0.29, 0.717) is 0 Å². The van der Waals surface area contributed by atoms with Crippen LogP contribution in [0.1, 0.15) is 0 Å². The van der Waals surface area contributed by atoms with Gasteiger partial charge in [0, 0.05) is 0 Å². The molecule has 0 amide bonds. The van der Waals surface area contributed by atoms with Crippen LogP contribution in [0.3, 0.4) is 0 Å². The number of hydrogen-bond acceptors (Lipinski definition) is 3. The van der Waals surface area contributed by atoms with Gasteiger partial charge in [0.05, 0.1) is 21.3 Å².